The summed E-state index contributed by atoms with van der Waals surface area (Å²) in [5.74, 6) is -0.314. The lowest BCUT2D eigenvalue weighted by Crippen LogP contribution is -2.21. The van der Waals surface area contributed by atoms with Crippen molar-refractivity contribution in [2.45, 2.75) is 13.0 Å². The zero-order chi connectivity index (χ0) is 12.4. The van der Waals surface area contributed by atoms with Crippen LogP contribution in [0, 0.1) is 12.7 Å². The van der Waals surface area contributed by atoms with Gasteiger partial charge in [0.05, 0.1) is 23.6 Å². The molecule has 2 aromatic heterocycles. The third-order valence-corrected chi connectivity index (χ3v) is 2.74. The van der Waals surface area contributed by atoms with Crippen LogP contribution in [0.4, 0.5) is 4.39 Å². The van der Waals surface area contributed by atoms with Crippen LogP contribution < -0.4 is 5.32 Å². The number of aromatic nitrogens is 3. The Balaban J connectivity index is 2.47. The summed E-state index contributed by atoms with van der Waals surface area (Å²) in [5.41, 5.74) is 2.41. The highest BCUT2D eigenvalue weighted by molar-refractivity contribution is 5.28. The van der Waals surface area contributed by atoms with Gasteiger partial charge in [0.2, 0.25) is 0 Å². The molecule has 0 bridgehead atoms. The smallest absolute Gasteiger partial charge is 0.146 e. The van der Waals surface area contributed by atoms with Gasteiger partial charge in [-0.15, -0.1) is 0 Å². The maximum atomic E-state index is 13.7. The number of aryl methyl sites for hydroxylation is 2. The largest absolute Gasteiger partial charge is 0.308 e. The zero-order valence-corrected chi connectivity index (χ0v) is 10.1. The first-order valence-corrected chi connectivity index (χ1v) is 5.40. The van der Waals surface area contributed by atoms with E-state index in [0.717, 1.165) is 11.4 Å². The SMILES string of the molecule is CNC(c1ccncc1F)c1cc(C)nn1C. The van der Waals surface area contributed by atoms with Crippen LogP contribution in [-0.4, -0.2) is 21.8 Å². The van der Waals surface area contributed by atoms with Gasteiger partial charge in [0.15, 0.2) is 0 Å². The van der Waals surface area contributed by atoms with Gasteiger partial charge in [-0.2, -0.15) is 5.10 Å². The minimum Gasteiger partial charge on any atom is -0.308 e. The van der Waals surface area contributed by atoms with Gasteiger partial charge in [-0.25, -0.2) is 4.39 Å². The second-order valence-corrected chi connectivity index (χ2v) is 3.95. The molecule has 0 aliphatic heterocycles. The highest BCUT2D eigenvalue weighted by Crippen LogP contribution is 2.23. The Hall–Kier alpha value is -1.75. The lowest BCUT2D eigenvalue weighted by atomic mass is 10.0. The molecule has 1 unspecified atom stereocenters. The van der Waals surface area contributed by atoms with Crippen LogP contribution in [0.1, 0.15) is 23.0 Å². The number of pyridine rings is 1. The molecule has 2 heterocycles. The van der Waals surface area contributed by atoms with Gasteiger partial charge in [0.25, 0.3) is 0 Å². The van der Waals surface area contributed by atoms with E-state index < -0.39 is 0 Å². The molecule has 90 valence electrons. The van der Waals surface area contributed by atoms with Crippen molar-refractivity contribution in [1.29, 1.82) is 0 Å². The van der Waals surface area contributed by atoms with Crippen molar-refractivity contribution in [3.05, 3.63) is 47.3 Å². The predicted octanol–water partition coefficient (Wildman–Crippen LogP) is 1.57. The Morgan fingerprint density at radius 2 is 2.24 bits per heavy atom. The first kappa shape index (κ1) is 11.7. The lowest BCUT2D eigenvalue weighted by Gasteiger charge is -2.17. The van der Waals surface area contributed by atoms with E-state index in [2.05, 4.69) is 15.4 Å². The molecule has 0 saturated heterocycles. The summed E-state index contributed by atoms with van der Waals surface area (Å²) in [4.78, 5) is 3.76. The normalized spacial score (nSPS) is 12.7. The minimum atomic E-state index is -0.314. The molecule has 0 radical (unpaired) electrons. The van der Waals surface area contributed by atoms with Gasteiger partial charge >= 0.3 is 0 Å². The number of halogens is 1. The molecule has 2 aromatic rings. The minimum absolute atomic E-state index is 0.218. The van der Waals surface area contributed by atoms with Crippen molar-refractivity contribution in [2.75, 3.05) is 7.05 Å². The van der Waals surface area contributed by atoms with E-state index in [1.54, 1.807) is 24.0 Å². The monoisotopic (exact) mass is 234 g/mol. The van der Waals surface area contributed by atoms with Gasteiger partial charge in [0, 0.05) is 18.8 Å². The quantitative estimate of drug-likeness (QED) is 0.876. The molecule has 5 heteroatoms. The van der Waals surface area contributed by atoms with E-state index in [-0.39, 0.29) is 11.9 Å². The molecular weight excluding hydrogens is 219 g/mol. The Bertz CT molecular complexity index is 521. The molecule has 0 aliphatic rings. The van der Waals surface area contributed by atoms with Crippen LogP contribution in [0.3, 0.4) is 0 Å². The molecule has 0 spiro atoms. The fourth-order valence-electron chi connectivity index (χ4n) is 1.98. The van der Waals surface area contributed by atoms with Gasteiger partial charge < -0.3 is 5.32 Å². The number of nitrogens with zero attached hydrogens (tertiary/aromatic N) is 3. The fourth-order valence-corrected chi connectivity index (χ4v) is 1.98. The van der Waals surface area contributed by atoms with Crippen molar-refractivity contribution in [2.24, 2.45) is 7.05 Å². The Labute approximate surface area is 99.5 Å². The van der Waals surface area contributed by atoms with Crippen LogP contribution in [0.5, 0.6) is 0 Å². The van der Waals surface area contributed by atoms with Crippen molar-refractivity contribution < 1.29 is 4.39 Å². The molecule has 0 aliphatic carbocycles. The maximum absolute atomic E-state index is 13.7. The van der Waals surface area contributed by atoms with Crippen molar-refractivity contribution >= 4 is 0 Å². The van der Waals surface area contributed by atoms with E-state index in [4.69, 9.17) is 0 Å². The van der Waals surface area contributed by atoms with Gasteiger partial charge in [0.1, 0.15) is 5.82 Å². The van der Waals surface area contributed by atoms with E-state index in [9.17, 15) is 4.39 Å². The van der Waals surface area contributed by atoms with Crippen LogP contribution in [0.2, 0.25) is 0 Å². The summed E-state index contributed by atoms with van der Waals surface area (Å²) >= 11 is 0. The lowest BCUT2D eigenvalue weighted by molar-refractivity contribution is 0.547. The molecule has 1 atom stereocenters. The first-order valence-electron chi connectivity index (χ1n) is 5.40. The summed E-state index contributed by atoms with van der Waals surface area (Å²) in [6.07, 6.45) is 2.81. The first-order chi connectivity index (χ1) is 8.13. The molecule has 17 heavy (non-hydrogen) atoms. The number of rotatable bonds is 3. The summed E-state index contributed by atoms with van der Waals surface area (Å²) in [6, 6.07) is 3.41. The second kappa shape index (κ2) is 4.63. The highest BCUT2D eigenvalue weighted by Gasteiger charge is 2.19. The summed E-state index contributed by atoms with van der Waals surface area (Å²) in [6.45, 7) is 1.92. The molecule has 0 aromatic carbocycles. The summed E-state index contributed by atoms with van der Waals surface area (Å²) in [5, 5.41) is 7.37. The van der Waals surface area contributed by atoms with E-state index in [0.29, 0.717) is 5.56 Å². The highest BCUT2D eigenvalue weighted by atomic mass is 19.1. The molecule has 0 fully saturated rings. The van der Waals surface area contributed by atoms with E-state index >= 15 is 0 Å². The Morgan fingerprint density at radius 3 is 2.76 bits per heavy atom. The fraction of sp³-hybridized carbons (Fsp3) is 0.333. The average molecular weight is 234 g/mol. The van der Waals surface area contributed by atoms with Gasteiger partial charge in [-0.05, 0) is 26.1 Å². The Morgan fingerprint density at radius 1 is 1.47 bits per heavy atom. The summed E-state index contributed by atoms with van der Waals surface area (Å²) in [7, 11) is 3.65. The predicted molar refractivity (Wildman–Crippen MR) is 63.0 cm³/mol. The van der Waals surface area contributed by atoms with Crippen LogP contribution in [0.25, 0.3) is 0 Å². The maximum Gasteiger partial charge on any atom is 0.146 e. The number of hydrogen-bond donors (Lipinski definition) is 1. The standard InChI is InChI=1S/C12H15FN4/c1-8-6-11(17(3)16-8)12(14-2)9-4-5-15-7-10(9)13/h4-7,12,14H,1-3H3. The van der Waals surface area contributed by atoms with Crippen molar-refractivity contribution in [1.82, 2.24) is 20.1 Å². The second-order valence-electron chi connectivity index (χ2n) is 3.95. The Kier molecular flexibility index (Phi) is 3.19. The molecule has 0 amide bonds. The van der Waals surface area contributed by atoms with Crippen molar-refractivity contribution in [3.63, 3.8) is 0 Å². The average Bonchev–Trinajstić information content (AvgIpc) is 2.62. The third-order valence-electron chi connectivity index (χ3n) is 2.74. The topological polar surface area (TPSA) is 42.7 Å². The molecular formula is C12H15FN4. The third kappa shape index (κ3) is 2.19. The molecule has 0 saturated carbocycles. The molecule has 4 nitrogen and oxygen atoms in total. The van der Waals surface area contributed by atoms with Gasteiger partial charge in [-0.3, -0.25) is 9.67 Å². The van der Waals surface area contributed by atoms with Crippen molar-refractivity contribution in [3.8, 4) is 0 Å². The summed E-state index contributed by atoms with van der Waals surface area (Å²) < 4.78 is 15.5. The zero-order valence-electron chi connectivity index (χ0n) is 10.1. The van der Waals surface area contributed by atoms with E-state index in [1.807, 2.05) is 20.0 Å². The van der Waals surface area contributed by atoms with Gasteiger partial charge in [-0.1, -0.05) is 0 Å². The van der Waals surface area contributed by atoms with Crippen LogP contribution in [-0.2, 0) is 7.05 Å². The van der Waals surface area contributed by atoms with E-state index in [1.165, 1.54) is 6.20 Å². The number of nitrogens with one attached hydrogen (secondary N) is 1. The van der Waals surface area contributed by atoms with Crippen LogP contribution >= 0.6 is 0 Å². The number of hydrogen-bond acceptors (Lipinski definition) is 3. The molecule has 2 rings (SSSR count). The molecule has 1 N–H and O–H groups in total. The van der Waals surface area contributed by atoms with Crippen LogP contribution in [0.15, 0.2) is 24.5 Å².